The van der Waals surface area contributed by atoms with Crippen LogP contribution in [0, 0.1) is 0 Å². The Balaban J connectivity index is 1.63. The molecule has 0 aromatic carbocycles. The fourth-order valence-electron chi connectivity index (χ4n) is 3.04. The molecule has 5 rings (SSSR count). The van der Waals surface area contributed by atoms with Gasteiger partial charge in [-0.25, -0.2) is 9.79 Å². The molecule has 4 N–H and O–H groups in total. The Labute approximate surface area is 169 Å². The number of anilines is 1. The van der Waals surface area contributed by atoms with Gasteiger partial charge >= 0.3 is 5.69 Å². The Morgan fingerprint density at radius 1 is 1.33 bits per heavy atom. The summed E-state index contributed by atoms with van der Waals surface area (Å²) in [6.45, 7) is 1.97. The minimum atomic E-state index is -0.499. The number of imidazole rings is 1. The highest BCUT2D eigenvalue weighted by Crippen LogP contribution is 2.22. The maximum absolute atomic E-state index is 11.4. The Morgan fingerprint density at radius 3 is 2.90 bits per heavy atom. The number of pyridine rings is 1. The van der Waals surface area contributed by atoms with E-state index >= 15 is 0 Å². The number of hydrogen-bond acceptors (Lipinski definition) is 8. The normalized spacial score (nSPS) is 16.3. The lowest BCUT2D eigenvalue weighted by atomic mass is 10.2. The summed E-state index contributed by atoms with van der Waals surface area (Å²) in [4.78, 5) is 34.4. The zero-order chi connectivity index (χ0) is 20.7. The number of aromatic nitrogens is 7. The van der Waals surface area contributed by atoms with Crippen molar-refractivity contribution in [3.63, 3.8) is 0 Å². The van der Waals surface area contributed by atoms with Crippen LogP contribution in [-0.4, -0.2) is 45.7 Å². The maximum atomic E-state index is 11.4. The summed E-state index contributed by atoms with van der Waals surface area (Å²) >= 11 is 0. The largest absolute Gasteiger partial charge is 0.493 e. The average molecular weight is 405 g/mol. The van der Waals surface area contributed by atoms with Gasteiger partial charge in [0.25, 0.3) is 5.62 Å². The van der Waals surface area contributed by atoms with Crippen LogP contribution in [0.2, 0.25) is 0 Å². The fourth-order valence-corrected chi connectivity index (χ4v) is 3.04. The molecular weight excluding hydrogens is 386 g/mol. The van der Waals surface area contributed by atoms with E-state index in [0.717, 1.165) is 18.5 Å². The second-order valence-corrected chi connectivity index (χ2v) is 7.15. The van der Waals surface area contributed by atoms with Gasteiger partial charge in [0.15, 0.2) is 5.65 Å². The summed E-state index contributed by atoms with van der Waals surface area (Å²) in [5, 5.41) is 18.1. The van der Waals surface area contributed by atoms with Gasteiger partial charge in [0.1, 0.15) is 5.69 Å². The maximum Gasteiger partial charge on any atom is 0.326 e. The molecule has 0 aliphatic heterocycles. The van der Waals surface area contributed by atoms with Crippen molar-refractivity contribution in [1.29, 1.82) is 0 Å². The van der Waals surface area contributed by atoms with Crippen molar-refractivity contribution in [2.24, 2.45) is 4.99 Å². The summed E-state index contributed by atoms with van der Waals surface area (Å²) in [5.41, 5.74) is 1.55. The van der Waals surface area contributed by atoms with Gasteiger partial charge < -0.3 is 15.4 Å². The predicted octanol–water partition coefficient (Wildman–Crippen LogP) is 0.0252. The molecule has 1 aliphatic carbocycles. The fraction of sp³-hybridized carbons (Fsp3) is 0.263. The number of nitrogens with zero attached hydrogens (tertiary/aromatic N) is 6. The zero-order valence-corrected chi connectivity index (χ0v) is 16.1. The smallest absolute Gasteiger partial charge is 0.326 e. The van der Waals surface area contributed by atoms with Crippen LogP contribution in [-0.2, 0) is 0 Å². The van der Waals surface area contributed by atoms with E-state index in [-0.39, 0.29) is 23.7 Å². The molecule has 1 saturated carbocycles. The van der Waals surface area contributed by atoms with Gasteiger partial charge in [-0.05, 0) is 38.0 Å². The number of nitrogens with one attached hydrogen (secondary N) is 3. The molecule has 0 bridgehead atoms. The van der Waals surface area contributed by atoms with Crippen LogP contribution in [0.25, 0.3) is 11.7 Å². The predicted molar refractivity (Wildman–Crippen MR) is 108 cm³/mol. The first-order valence-electron chi connectivity index (χ1n) is 9.57. The van der Waals surface area contributed by atoms with E-state index in [1.807, 2.05) is 25.1 Å². The van der Waals surface area contributed by atoms with Gasteiger partial charge in [0.05, 0.1) is 24.0 Å². The summed E-state index contributed by atoms with van der Waals surface area (Å²) < 4.78 is 1.56. The van der Waals surface area contributed by atoms with E-state index in [0.29, 0.717) is 22.4 Å². The van der Waals surface area contributed by atoms with Crippen LogP contribution < -0.4 is 21.8 Å². The van der Waals surface area contributed by atoms with Crippen molar-refractivity contribution in [3.8, 4) is 5.88 Å². The lowest BCUT2D eigenvalue weighted by Gasteiger charge is -2.13. The molecule has 0 spiro atoms. The molecule has 152 valence electrons. The molecule has 11 heteroatoms. The minimum Gasteiger partial charge on any atom is -0.493 e. The first kappa shape index (κ1) is 18.0. The van der Waals surface area contributed by atoms with Gasteiger partial charge in [-0.3, -0.25) is 9.97 Å². The highest BCUT2D eigenvalue weighted by atomic mass is 16.3. The van der Waals surface area contributed by atoms with Gasteiger partial charge in [0, 0.05) is 11.4 Å². The highest BCUT2D eigenvalue weighted by molar-refractivity contribution is 5.57. The van der Waals surface area contributed by atoms with E-state index in [1.165, 1.54) is 0 Å². The van der Waals surface area contributed by atoms with Crippen LogP contribution in [0.4, 0.5) is 5.95 Å². The third-order valence-corrected chi connectivity index (χ3v) is 4.74. The van der Waals surface area contributed by atoms with E-state index < -0.39 is 5.69 Å². The highest BCUT2D eigenvalue weighted by Gasteiger charge is 2.21. The third-order valence-electron chi connectivity index (χ3n) is 4.74. The van der Waals surface area contributed by atoms with Crippen LogP contribution >= 0.6 is 0 Å². The molecule has 30 heavy (non-hydrogen) atoms. The first-order chi connectivity index (χ1) is 14.6. The SMILES string of the molecule is C[C@@H](Nc1nc(=NC2CC2)n2ncc(=Cc3[nH]c(=O)[nH]c3O)c2n1)c1ccccn1. The number of H-pyrrole nitrogens is 2. The standard InChI is InChI=1S/C19H19N9O2/c1-10(13-4-2-3-7-20-13)22-17-25-15-11(8-14-16(29)26-19(30)24-14)9-21-28(15)18(27-17)23-12-5-6-12/h2-4,7-10,12,29H,5-6H2,1H3,(H,22,23,27)(H2,24,26,30)/t10-/m1/s1. The number of rotatable bonds is 5. The van der Waals surface area contributed by atoms with Gasteiger partial charge in [-0.15, -0.1) is 0 Å². The van der Waals surface area contributed by atoms with Crippen molar-refractivity contribution >= 4 is 17.7 Å². The number of fused-ring (bicyclic) bond motifs is 1. The Morgan fingerprint density at radius 2 is 2.20 bits per heavy atom. The molecular formula is C19H19N9O2. The van der Waals surface area contributed by atoms with Crippen molar-refractivity contribution < 1.29 is 5.11 Å². The molecule has 11 nitrogen and oxygen atoms in total. The second-order valence-electron chi connectivity index (χ2n) is 7.15. The van der Waals surface area contributed by atoms with E-state index in [1.54, 1.807) is 23.0 Å². The van der Waals surface area contributed by atoms with Gasteiger partial charge in [-0.1, -0.05) is 6.07 Å². The number of hydrogen-bond donors (Lipinski definition) is 4. The average Bonchev–Trinajstić information content (AvgIpc) is 3.37. The summed E-state index contributed by atoms with van der Waals surface area (Å²) in [7, 11) is 0. The monoisotopic (exact) mass is 405 g/mol. The van der Waals surface area contributed by atoms with Crippen molar-refractivity contribution in [2.75, 3.05) is 5.32 Å². The molecule has 1 aliphatic rings. The van der Waals surface area contributed by atoms with E-state index in [2.05, 4.69) is 40.3 Å². The van der Waals surface area contributed by atoms with Crippen LogP contribution in [0.1, 0.15) is 37.2 Å². The van der Waals surface area contributed by atoms with Crippen LogP contribution in [0.3, 0.4) is 0 Å². The third kappa shape index (κ3) is 3.52. The number of aromatic amines is 2. The molecule has 1 fully saturated rings. The molecule has 4 heterocycles. The summed E-state index contributed by atoms with van der Waals surface area (Å²) in [5.74, 6) is 0.139. The minimum absolute atomic E-state index is 0.122. The Bertz CT molecular complexity index is 1380. The molecule has 4 aromatic heterocycles. The van der Waals surface area contributed by atoms with Crippen molar-refractivity contribution in [3.05, 3.63) is 63.3 Å². The van der Waals surface area contributed by atoms with Crippen molar-refractivity contribution in [1.82, 2.24) is 34.5 Å². The topological polar surface area (TPSA) is 149 Å². The Kier molecular flexibility index (Phi) is 4.27. The van der Waals surface area contributed by atoms with E-state index in [9.17, 15) is 9.90 Å². The van der Waals surface area contributed by atoms with Gasteiger partial charge in [-0.2, -0.15) is 19.6 Å². The lowest BCUT2D eigenvalue weighted by molar-refractivity contribution is 0.454. The number of aromatic hydroxyl groups is 1. The van der Waals surface area contributed by atoms with Crippen molar-refractivity contribution in [2.45, 2.75) is 31.8 Å². The van der Waals surface area contributed by atoms with Crippen LogP contribution in [0.5, 0.6) is 5.88 Å². The molecule has 0 unspecified atom stereocenters. The molecule has 0 amide bonds. The van der Waals surface area contributed by atoms with E-state index in [4.69, 9.17) is 0 Å². The molecule has 4 aromatic rings. The molecule has 0 radical (unpaired) electrons. The Hall–Kier alpha value is -4.02. The quantitative estimate of drug-likeness (QED) is 0.366. The van der Waals surface area contributed by atoms with Gasteiger partial charge in [0.2, 0.25) is 11.8 Å². The van der Waals surface area contributed by atoms with Crippen LogP contribution in [0.15, 0.2) is 40.4 Å². The second kappa shape index (κ2) is 7.10. The summed E-state index contributed by atoms with van der Waals surface area (Å²) in [6, 6.07) is 5.83. The first-order valence-corrected chi connectivity index (χ1v) is 9.57. The summed E-state index contributed by atoms with van der Waals surface area (Å²) in [6.07, 6.45) is 6.97. The molecule has 1 atom stereocenters. The lowest BCUT2D eigenvalue weighted by Crippen LogP contribution is -2.25. The zero-order valence-electron chi connectivity index (χ0n) is 16.1. The molecule has 0 saturated heterocycles.